The molecule has 2 aromatic rings. The van der Waals surface area contributed by atoms with Crippen LogP contribution in [0.15, 0.2) is 33.9 Å². The zero-order valence-electron chi connectivity index (χ0n) is 11.6. The maximum atomic E-state index is 12.1. The molecule has 2 rings (SSSR count). The Morgan fingerprint density at radius 3 is 2.55 bits per heavy atom. The lowest BCUT2D eigenvalue weighted by Crippen LogP contribution is -2.22. The van der Waals surface area contributed by atoms with E-state index in [1.54, 1.807) is 24.6 Å². The third-order valence-corrected chi connectivity index (χ3v) is 6.08. The van der Waals surface area contributed by atoms with Gasteiger partial charge in [-0.1, -0.05) is 12.1 Å². The summed E-state index contributed by atoms with van der Waals surface area (Å²) >= 11 is 1.21. The van der Waals surface area contributed by atoms with Crippen LogP contribution in [-0.2, 0) is 16.6 Å². The molecule has 0 saturated heterocycles. The van der Waals surface area contributed by atoms with Gasteiger partial charge >= 0.3 is 0 Å². The lowest BCUT2D eigenvalue weighted by molar-refractivity contribution is 0.411. The lowest BCUT2D eigenvalue weighted by atomic mass is 10.0. The average Bonchev–Trinajstić information content (AvgIpc) is 2.95. The van der Waals surface area contributed by atoms with Crippen molar-refractivity contribution in [2.24, 2.45) is 0 Å². The first-order chi connectivity index (χ1) is 9.45. The molecule has 108 valence electrons. The molecule has 0 bridgehead atoms. The van der Waals surface area contributed by atoms with Gasteiger partial charge in [-0.15, -0.1) is 11.3 Å². The van der Waals surface area contributed by atoms with Gasteiger partial charge in [0.15, 0.2) is 0 Å². The summed E-state index contributed by atoms with van der Waals surface area (Å²) in [7, 11) is -1.80. The first-order valence-corrected chi connectivity index (χ1v) is 8.48. The molecule has 0 aliphatic heterocycles. The fourth-order valence-electron chi connectivity index (χ4n) is 1.92. The number of ether oxygens (including phenoxy) is 1. The van der Waals surface area contributed by atoms with Crippen LogP contribution < -0.4 is 9.46 Å². The van der Waals surface area contributed by atoms with Gasteiger partial charge in [-0.25, -0.2) is 13.1 Å². The molecule has 20 heavy (non-hydrogen) atoms. The van der Waals surface area contributed by atoms with E-state index in [1.165, 1.54) is 11.3 Å². The van der Waals surface area contributed by atoms with Crippen molar-refractivity contribution in [3.8, 4) is 5.75 Å². The highest BCUT2D eigenvalue weighted by atomic mass is 32.2. The molecule has 1 N–H and O–H groups in total. The summed E-state index contributed by atoms with van der Waals surface area (Å²) in [6.07, 6.45) is 0. The fraction of sp³-hybridized carbons (Fsp3) is 0.286. The Morgan fingerprint density at radius 2 is 1.95 bits per heavy atom. The number of hydrogen-bond acceptors (Lipinski definition) is 4. The summed E-state index contributed by atoms with van der Waals surface area (Å²) in [6.45, 7) is 4.20. The Bertz CT molecular complexity index is 691. The average molecular weight is 311 g/mol. The highest BCUT2D eigenvalue weighted by Gasteiger charge is 2.15. The molecule has 0 unspecified atom stereocenters. The van der Waals surface area contributed by atoms with E-state index in [0.717, 1.165) is 22.4 Å². The molecule has 6 heteroatoms. The van der Waals surface area contributed by atoms with Crippen molar-refractivity contribution in [3.05, 3.63) is 46.3 Å². The van der Waals surface area contributed by atoms with Crippen LogP contribution >= 0.6 is 11.3 Å². The summed E-state index contributed by atoms with van der Waals surface area (Å²) < 4.78 is 32.3. The van der Waals surface area contributed by atoms with Gasteiger partial charge in [-0.05, 0) is 48.1 Å². The minimum absolute atomic E-state index is 0.275. The van der Waals surface area contributed by atoms with Crippen molar-refractivity contribution in [2.45, 2.75) is 24.6 Å². The van der Waals surface area contributed by atoms with Crippen molar-refractivity contribution in [3.63, 3.8) is 0 Å². The summed E-state index contributed by atoms with van der Waals surface area (Å²) in [5.74, 6) is 0.812. The summed E-state index contributed by atoms with van der Waals surface area (Å²) in [5.41, 5.74) is 3.02. The van der Waals surface area contributed by atoms with Gasteiger partial charge < -0.3 is 4.74 Å². The van der Waals surface area contributed by atoms with E-state index in [2.05, 4.69) is 4.72 Å². The van der Waals surface area contributed by atoms with Gasteiger partial charge in [-0.3, -0.25) is 0 Å². The molecule has 0 aliphatic carbocycles. The van der Waals surface area contributed by atoms with E-state index >= 15 is 0 Å². The zero-order chi connectivity index (χ0) is 14.8. The van der Waals surface area contributed by atoms with E-state index in [0.29, 0.717) is 4.21 Å². The van der Waals surface area contributed by atoms with E-state index in [1.807, 2.05) is 26.0 Å². The minimum atomic E-state index is -3.42. The molecule has 0 amide bonds. The molecule has 0 radical (unpaired) electrons. The van der Waals surface area contributed by atoms with Gasteiger partial charge in [0.2, 0.25) is 10.0 Å². The first kappa shape index (κ1) is 15.0. The molecule has 0 saturated carbocycles. The molecule has 1 aromatic heterocycles. The lowest BCUT2D eigenvalue weighted by Gasteiger charge is -2.13. The maximum absolute atomic E-state index is 12.1. The van der Waals surface area contributed by atoms with Crippen LogP contribution in [0.4, 0.5) is 0 Å². The Hall–Kier alpha value is -1.37. The Labute approximate surface area is 123 Å². The van der Waals surface area contributed by atoms with Crippen molar-refractivity contribution < 1.29 is 13.2 Å². The van der Waals surface area contributed by atoms with Crippen LogP contribution in [0.25, 0.3) is 0 Å². The Balaban J connectivity index is 2.18. The molecule has 0 fully saturated rings. The number of sulfonamides is 1. The van der Waals surface area contributed by atoms with E-state index in [4.69, 9.17) is 4.74 Å². The van der Waals surface area contributed by atoms with E-state index < -0.39 is 10.0 Å². The van der Waals surface area contributed by atoms with Gasteiger partial charge in [0.25, 0.3) is 0 Å². The topological polar surface area (TPSA) is 55.4 Å². The largest absolute Gasteiger partial charge is 0.496 e. The number of methoxy groups -OCH3 is 1. The highest BCUT2D eigenvalue weighted by molar-refractivity contribution is 7.91. The number of thiophene rings is 1. The van der Waals surface area contributed by atoms with E-state index in [9.17, 15) is 8.42 Å². The van der Waals surface area contributed by atoms with Gasteiger partial charge in [0.05, 0.1) is 7.11 Å². The predicted octanol–water partition coefficient (Wildman–Crippen LogP) is 2.85. The first-order valence-electron chi connectivity index (χ1n) is 6.12. The van der Waals surface area contributed by atoms with E-state index in [-0.39, 0.29) is 6.54 Å². The quantitative estimate of drug-likeness (QED) is 0.924. The number of hydrogen-bond donors (Lipinski definition) is 1. The molecule has 0 atom stereocenters. The van der Waals surface area contributed by atoms with Crippen LogP contribution in [-0.4, -0.2) is 15.5 Å². The third kappa shape index (κ3) is 3.03. The number of benzene rings is 1. The molecule has 0 spiro atoms. The van der Waals surface area contributed by atoms with Crippen molar-refractivity contribution in [1.82, 2.24) is 4.72 Å². The second kappa shape index (κ2) is 5.95. The Kier molecular flexibility index (Phi) is 4.47. The molecule has 4 nitrogen and oxygen atoms in total. The molecule has 1 heterocycles. The monoisotopic (exact) mass is 311 g/mol. The standard InChI is InChI=1S/C14H17NO3S2/c1-10-11(2)13(18-3)7-6-12(10)9-15-20(16,17)14-5-4-8-19-14/h4-8,15H,9H2,1-3H3. The minimum Gasteiger partial charge on any atom is -0.496 e. The van der Waals surface area contributed by atoms with Gasteiger partial charge in [0.1, 0.15) is 9.96 Å². The Morgan fingerprint density at radius 1 is 1.20 bits per heavy atom. The van der Waals surface area contributed by atoms with Crippen LogP contribution in [0, 0.1) is 13.8 Å². The SMILES string of the molecule is COc1ccc(CNS(=O)(=O)c2cccs2)c(C)c1C. The van der Waals surface area contributed by atoms with Gasteiger partial charge in [-0.2, -0.15) is 0 Å². The molecule has 0 aliphatic rings. The summed E-state index contributed by atoms with van der Waals surface area (Å²) in [5, 5.41) is 1.75. The van der Waals surface area contributed by atoms with Crippen molar-refractivity contribution in [2.75, 3.05) is 7.11 Å². The second-order valence-electron chi connectivity index (χ2n) is 4.43. The second-order valence-corrected chi connectivity index (χ2v) is 7.38. The van der Waals surface area contributed by atoms with Crippen molar-refractivity contribution >= 4 is 21.4 Å². The maximum Gasteiger partial charge on any atom is 0.250 e. The van der Waals surface area contributed by atoms with Crippen LogP contribution in [0.5, 0.6) is 5.75 Å². The molecule has 1 aromatic carbocycles. The smallest absolute Gasteiger partial charge is 0.250 e. The van der Waals surface area contributed by atoms with Crippen molar-refractivity contribution in [1.29, 1.82) is 0 Å². The summed E-state index contributed by atoms with van der Waals surface area (Å²) in [6, 6.07) is 7.07. The molecular weight excluding hydrogens is 294 g/mol. The number of rotatable bonds is 5. The van der Waals surface area contributed by atoms with Crippen LogP contribution in [0.3, 0.4) is 0 Å². The normalized spacial score (nSPS) is 11.6. The third-order valence-electron chi connectivity index (χ3n) is 3.28. The van der Waals surface area contributed by atoms with Crippen LogP contribution in [0.1, 0.15) is 16.7 Å². The fourth-order valence-corrected chi connectivity index (χ4v) is 3.97. The molecular formula is C14H17NO3S2. The summed E-state index contributed by atoms with van der Waals surface area (Å²) in [4.78, 5) is 0. The predicted molar refractivity (Wildman–Crippen MR) is 80.8 cm³/mol. The number of nitrogens with one attached hydrogen (secondary N) is 1. The van der Waals surface area contributed by atoms with Crippen LogP contribution in [0.2, 0.25) is 0 Å². The van der Waals surface area contributed by atoms with Gasteiger partial charge in [0, 0.05) is 6.54 Å². The zero-order valence-corrected chi connectivity index (χ0v) is 13.3. The highest BCUT2D eigenvalue weighted by Crippen LogP contribution is 2.24.